The third-order valence-electron chi connectivity index (χ3n) is 5.64. The molecule has 2 N–H and O–H groups in total. The van der Waals surface area contributed by atoms with E-state index in [0.717, 1.165) is 34.3 Å². The van der Waals surface area contributed by atoms with Gasteiger partial charge in [0.1, 0.15) is 0 Å². The molecule has 0 unspecified atom stereocenters. The Balaban J connectivity index is 1.63. The summed E-state index contributed by atoms with van der Waals surface area (Å²) >= 11 is 0. The van der Waals surface area contributed by atoms with Gasteiger partial charge in [-0.2, -0.15) is 4.31 Å². The lowest BCUT2D eigenvalue weighted by Gasteiger charge is -2.46. The molecule has 2 saturated heterocycles. The molecule has 5 rings (SSSR count). The lowest BCUT2D eigenvalue weighted by atomic mass is 9.94. The minimum Gasteiger partial charge on any atom is -0.386 e. The van der Waals surface area contributed by atoms with Gasteiger partial charge in [-0.25, -0.2) is 8.42 Å². The molecule has 0 radical (unpaired) electrons. The Morgan fingerprint density at radius 3 is 2.46 bits per heavy atom. The van der Waals surface area contributed by atoms with E-state index in [-0.39, 0.29) is 0 Å². The number of para-hydroxylation sites is 1. The minimum atomic E-state index is -3.47. The highest BCUT2D eigenvalue weighted by Gasteiger charge is 2.38. The maximum Gasteiger partial charge on any atom is 0.243 e. The number of β-amino-alcohol motifs (C(OH)–C–C–N with tert-alkyl or cyclic N) is 1. The summed E-state index contributed by atoms with van der Waals surface area (Å²) in [6.07, 6.45) is 0.912. The van der Waals surface area contributed by atoms with Gasteiger partial charge in [0.25, 0.3) is 0 Å². The molecule has 6 nitrogen and oxygen atoms in total. The number of aromatic amines is 1. The molecule has 0 saturated carbocycles. The number of fused-ring (bicyclic) bond motifs is 1. The normalized spacial score (nSPS) is 19.4. The molecule has 0 bridgehead atoms. The Morgan fingerprint density at radius 1 is 1.07 bits per heavy atom. The molecule has 2 fully saturated rings. The average molecular weight is 398 g/mol. The molecule has 0 aliphatic carbocycles. The van der Waals surface area contributed by atoms with Crippen molar-refractivity contribution in [1.82, 2.24) is 9.29 Å². The molecule has 0 amide bonds. The first-order valence-electron chi connectivity index (χ1n) is 9.53. The lowest BCUT2D eigenvalue weighted by molar-refractivity contribution is 0.0311. The van der Waals surface area contributed by atoms with Crippen LogP contribution in [0.5, 0.6) is 0 Å². The van der Waals surface area contributed by atoms with Crippen LogP contribution in [-0.4, -0.2) is 54.6 Å². The molecule has 7 heteroatoms. The summed E-state index contributed by atoms with van der Waals surface area (Å²) < 4.78 is 27.3. The number of hydrogen-bond donors (Lipinski definition) is 2. The quantitative estimate of drug-likeness (QED) is 0.710. The first-order valence-corrected chi connectivity index (χ1v) is 11.0. The van der Waals surface area contributed by atoms with Crippen molar-refractivity contribution in [3.63, 3.8) is 0 Å². The van der Waals surface area contributed by atoms with Crippen LogP contribution in [0.2, 0.25) is 0 Å². The molecule has 3 aromatic rings. The molecule has 2 aliphatic heterocycles. The Bertz CT molecular complexity index is 1120. The number of nitrogens with one attached hydrogen (secondary N) is 1. The average Bonchev–Trinajstić information content (AvgIpc) is 3.01. The Labute approximate surface area is 164 Å². The van der Waals surface area contributed by atoms with Gasteiger partial charge >= 0.3 is 0 Å². The molecule has 146 valence electrons. The van der Waals surface area contributed by atoms with E-state index in [0.29, 0.717) is 31.1 Å². The molecule has 2 aliphatic rings. The van der Waals surface area contributed by atoms with Gasteiger partial charge in [-0.15, -0.1) is 0 Å². The number of nitrogens with zero attached hydrogens (tertiary/aromatic N) is 2. The van der Waals surface area contributed by atoms with Crippen LogP contribution in [0.4, 0.5) is 5.69 Å². The Morgan fingerprint density at radius 2 is 1.82 bits per heavy atom. The second-order valence-corrected chi connectivity index (χ2v) is 10.00. The highest BCUT2D eigenvalue weighted by molar-refractivity contribution is 7.89. The van der Waals surface area contributed by atoms with Crippen LogP contribution in [0.15, 0.2) is 53.4 Å². The number of H-pyrrole nitrogens is 1. The zero-order valence-electron chi connectivity index (χ0n) is 15.7. The van der Waals surface area contributed by atoms with Crippen molar-refractivity contribution in [3.05, 3.63) is 48.5 Å². The second kappa shape index (κ2) is 6.07. The van der Waals surface area contributed by atoms with Crippen molar-refractivity contribution in [1.29, 1.82) is 0 Å². The number of anilines is 1. The molecule has 0 spiro atoms. The zero-order chi connectivity index (χ0) is 19.5. The van der Waals surface area contributed by atoms with Crippen molar-refractivity contribution in [2.24, 2.45) is 0 Å². The molecule has 2 aromatic carbocycles. The topological polar surface area (TPSA) is 76.6 Å². The predicted molar refractivity (Wildman–Crippen MR) is 110 cm³/mol. The number of hydrogen-bond acceptors (Lipinski definition) is 4. The van der Waals surface area contributed by atoms with Crippen molar-refractivity contribution in [2.75, 3.05) is 31.1 Å². The second-order valence-electron chi connectivity index (χ2n) is 8.06. The molecule has 0 atom stereocenters. The number of benzene rings is 2. The van der Waals surface area contributed by atoms with Crippen molar-refractivity contribution in [3.8, 4) is 11.3 Å². The van der Waals surface area contributed by atoms with E-state index in [1.54, 1.807) is 12.1 Å². The van der Waals surface area contributed by atoms with Crippen molar-refractivity contribution >= 4 is 26.6 Å². The summed E-state index contributed by atoms with van der Waals surface area (Å²) in [5.41, 5.74) is 2.95. The van der Waals surface area contributed by atoms with Crippen molar-refractivity contribution < 1.29 is 13.5 Å². The summed E-state index contributed by atoms with van der Waals surface area (Å²) in [5.74, 6) is 0. The van der Waals surface area contributed by atoms with E-state index < -0.39 is 15.6 Å². The molecule has 1 aromatic heterocycles. The molecule has 3 heterocycles. The number of aromatic nitrogens is 1. The van der Waals surface area contributed by atoms with Crippen LogP contribution in [0, 0.1) is 0 Å². The van der Waals surface area contributed by atoms with Gasteiger partial charge in [0.05, 0.1) is 10.5 Å². The van der Waals surface area contributed by atoms with Crippen LogP contribution in [0.1, 0.15) is 13.3 Å². The smallest absolute Gasteiger partial charge is 0.243 e. The summed E-state index contributed by atoms with van der Waals surface area (Å²) in [6.45, 7) is 4.04. The Hall–Kier alpha value is -2.35. The van der Waals surface area contributed by atoms with E-state index in [4.69, 9.17) is 0 Å². The monoisotopic (exact) mass is 397 g/mol. The minimum absolute atomic E-state index is 0.317. The highest BCUT2D eigenvalue weighted by Crippen LogP contribution is 2.39. The highest BCUT2D eigenvalue weighted by atomic mass is 32.2. The maximum absolute atomic E-state index is 12.9. The number of aliphatic hydroxyl groups is 1. The third-order valence-corrected chi connectivity index (χ3v) is 7.54. The van der Waals surface area contributed by atoms with Crippen LogP contribution in [0.3, 0.4) is 0 Å². The van der Waals surface area contributed by atoms with Crippen LogP contribution < -0.4 is 4.90 Å². The molecule has 28 heavy (non-hydrogen) atoms. The van der Waals surface area contributed by atoms with Gasteiger partial charge < -0.3 is 15.0 Å². The molecular weight excluding hydrogens is 374 g/mol. The van der Waals surface area contributed by atoms with Gasteiger partial charge in [-0.05, 0) is 43.7 Å². The third kappa shape index (κ3) is 2.82. The lowest BCUT2D eigenvalue weighted by Crippen LogP contribution is -2.60. The van der Waals surface area contributed by atoms with Gasteiger partial charge in [0, 0.05) is 54.0 Å². The number of sulfonamides is 1. The fraction of sp³-hybridized carbons (Fsp3) is 0.333. The maximum atomic E-state index is 12.9. The largest absolute Gasteiger partial charge is 0.386 e. The SMILES string of the molecule is CC1(O)CN(c2ccc(S(=O)(=O)N3CCC3)cc2-c2cc3ccccc3[nH]2)C1. The predicted octanol–water partition coefficient (Wildman–Crippen LogP) is 2.80. The van der Waals surface area contributed by atoms with Crippen molar-refractivity contribution in [2.45, 2.75) is 23.8 Å². The van der Waals surface area contributed by atoms with Crippen LogP contribution in [0.25, 0.3) is 22.2 Å². The van der Waals surface area contributed by atoms with Gasteiger partial charge in [-0.1, -0.05) is 18.2 Å². The van der Waals surface area contributed by atoms with E-state index in [9.17, 15) is 13.5 Å². The standard InChI is InChI=1S/C21H23N3O3S/c1-21(25)13-23(14-21)20-8-7-16(28(26,27)24-9-4-10-24)12-17(20)19-11-15-5-2-3-6-18(15)22-19/h2-3,5-8,11-12,22,25H,4,9-10,13-14H2,1H3. The fourth-order valence-corrected chi connectivity index (χ4v) is 5.55. The summed E-state index contributed by atoms with van der Waals surface area (Å²) in [7, 11) is -3.47. The number of rotatable bonds is 4. The first-order chi connectivity index (χ1) is 13.3. The molecular formula is C21H23N3O3S. The van der Waals surface area contributed by atoms with Gasteiger partial charge in [-0.3, -0.25) is 0 Å². The first kappa shape index (κ1) is 17.7. The van der Waals surface area contributed by atoms with Crippen LogP contribution in [-0.2, 0) is 10.0 Å². The van der Waals surface area contributed by atoms with Crippen LogP contribution >= 0.6 is 0 Å². The van der Waals surface area contributed by atoms with E-state index in [1.807, 2.05) is 43.3 Å². The fourth-order valence-electron chi connectivity index (χ4n) is 4.01. The van der Waals surface area contributed by atoms with E-state index >= 15 is 0 Å². The van der Waals surface area contributed by atoms with Gasteiger partial charge in [0.15, 0.2) is 0 Å². The summed E-state index contributed by atoms with van der Waals surface area (Å²) in [5, 5.41) is 11.2. The van der Waals surface area contributed by atoms with Gasteiger partial charge in [0.2, 0.25) is 10.0 Å². The summed E-state index contributed by atoms with van der Waals surface area (Å²) in [6, 6.07) is 15.4. The summed E-state index contributed by atoms with van der Waals surface area (Å²) in [4.78, 5) is 5.82. The Kier molecular flexibility index (Phi) is 3.84. The van der Waals surface area contributed by atoms with E-state index in [1.165, 1.54) is 4.31 Å². The van der Waals surface area contributed by atoms with E-state index in [2.05, 4.69) is 9.88 Å². The zero-order valence-corrected chi connectivity index (χ0v) is 16.5.